The van der Waals surface area contributed by atoms with Crippen molar-refractivity contribution in [3.05, 3.63) is 164 Å². The van der Waals surface area contributed by atoms with Crippen LogP contribution in [0.15, 0.2) is 174 Å². The summed E-state index contributed by atoms with van der Waals surface area (Å²) in [5, 5.41) is 7.78. The van der Waals surface area contributed by atoms with Crippen LogP contribution in [0.3, 0.4) is 0 Å². The zero-order chi connectivity index (χ0) is 30.2. The fourth-order valence-corrected chi connectivity index (χ4v) is 8.74. The Morgan fingerprint density at radius 2 is 1.07 bits per heavy atom. The number of para-hydroxylation sites is 2. The first-order chi connectivity index (χ1) is 22.8. The van der Waals surface area contributed by atoms with Gasteiger partial charge in [-0.05, 0) is 92.0 Å². The molecular weight excluding hydrogens is 575 g/mol. The number of hydrogen-bond acceptors (Lipinski definition) is 1. The van der Waals surface area contributed by atoms with E-state index in [1.54, 1.807) is 0 Å². The largest absolute Gasteiger partial charge is 0.309 e. The Labute approximate surface area is 271 Å². The van der Waals surface area contributed by atoms with Crippen molar-refractivity contribution in [3.63, 3.8) is 0 Å². The third-order valence-electron chi connectivity index (χ3n) is 9.58. The molecule has 2 heteroatoms. The highest BCUT2D eigenvalue weighted by atomic mass is 32.2. The summed E-state index contributed by atoms with van der Waals surface area (Å²) in [6.45, 7) is 0. The van der Waals surface area contributed by atoms with Crippen LogP contribution < -0.4 is 0 Å². The Morgan fingerprint density at radius 1 is 0.370 bits per heavy atom. The van der Waals surface area contributed by atoms with Gasteiger partial charge in [-0.25, -0.2) is 0 Å². The minimum atomic E-state index is 1.17. The van der Waals surface area contributed by atoms with Crippen LogP contribution in [0, 0.1) is 0 Å². The van der Waals surface area contributed by atoms with Crippen molar-refractivity contribution in [2.24, 2.45) is 0 Å². The van der Waals surface area contributed by atoms with E-state index in [9.17, 15) is 0 Å². The molecule has 10 rings (SSSR count). The standard InChI is InChI=1S/C44H27NS/c1-2-14-30(15-3-1)45-39-22-9-8-20-36(39)44-34-19-7-6-18-33(34)37(27-40(44)45)32-17-5-4-16-31(32)29-24-25-41-38(26-29)35-21-10-12-28-13-11-23-42(46-41)43(28)35/h1-27H. The number of fused-ring (bicyclic) bond motifs is 7. The first-order valence-corrected chi connectivity index (χ1v) is 16.6. The molecule has 0 saturated heterocycles. The third kappa shape index (κ3) is 3.71. The van der Waals surface area contributed by atoms with Crippen molar-refractivity contribution in [2.45, 2.75) is 9.79 Å². The topological polar surface area (TPSA) is 4.93 Å². The maximum absolute atomic E-state index is 2.43. The Morgan fingerprint density at radius 3 is 1.93 bits per heavy atom. The SMILES string of the molecule is c1ccc(-n2c3ccccc3c3c4ccccc4c(-c4ccccc4-c4ccc5c(c4)-c4cccc6cccc(c46)S5)cc32)cc1. The predicted octanol–water partition coefficient (Wildman–Crippen LogP) is 12.6. The quantitative estimate of drug-likeness (QED) is 0.195. The summed E-state index contributed by atoms with van der Waals surface area (Å²) in [4.78, 5) is 2.65. The first-order valence-electron chi connectivity index (χ1n) is 15.8. The van der Waals surface area contributed by atoms with Crippen LogP contribution in [0.25, 0.3) is 82.4 Å². The second kappa shape index (κ2) is 9.97. The molecule has 2 heterocycles. The van der Waals surface area contributed by atoms with Gasteiger partial charge in [0, 0.05) is 31.6 Å². The van der Waals surface area contributed by atoms with Gasteiger partial charge in [0.25, 0.3) is 0 Å². The van der Waals surface area contributed by atoms with Gasteiger partial charge >= 0.3 is 0 Å². The van der Waals surface area contributed by atoms with Crippen LogP contribution in [-0.4, -0.2) is 4.57 Å². The van der Waals surface area contributed by atoms with E-state index in [2.05, 4.69) is 168 Å². The Hall–Kier alpha value is -5.57. The van der Waals surface area contributed by atoms with E-state index < -0.39 is 0 Å². The highest BCUT2D eigenvalue weighted by Gasteiger charge is 2.22. The highest BCUT2D eigenvalue weighted by molar-refractivity contribution is 7.99. The molecule has 1 aromatic heterocycles. The molecule has 0 unspecified atom stereocenters. The molecule has 0 spiro atoms. The third-order valence-corrected chi connectivity index (χ3v) is 10.7. The van der Waals surface area contributed by atoms with Gasteiger partial charge < -0.3 is 4.57 Å². The number of benzene rings is 8. The smallest absolute Gasteiger partial charge is 0.0553 e. The maximum Gasteiger partial charge on any atom is 0.0553 e. The van der Waals surface area contributed by atoms with Crippen LogP contribution in [0.4, 0.5) is 0 Å². The van der Waals surface area contributed by atoms with Crippen LogP contribution in [0.1, 0.15) is 0 Å². The Balaban J connectivity index is 1.25. The average Bonchev–Trinajstić information content (AvgIpc) is 3.46. The van der Waals surface area contributed by atoms with E-state index in [-0.39, 0.29) is 0 Å². The van der Waals surface area contributed by atoms with Crippen molar-refractivity contribution in [3.8, 4) is 39.1 Å². The van der Waals surface area contributed by atoms with E-state index in [1.807, 2.05) is 11.8 Å². The summed E-state index contributed by atoms with van der Waals surface area (Å²) >= 11 is 1.88. The van der Waals surface area contributed by atoms with Crippen LogP contribution >= 0.6 is 11.8 Å². The Bertz CT molecular complexity index is 2660. The molecule has 46 heavy (non-hydrogen) atoms. The van der Waals surface area contributed by atoms with E-state index in [0.29, 0.717) is 0 Å². The lowest BCUT2D eigenvalue weighted by Crippen LogP contribution is -1.95. The predicted molar refractivity (Wildman–Crippen MR) is 196 cm³/mol. The lowest BCUT2D eigenvalue weighted by molar-refractivity contribution is 1.18. The molecule has 0 bridgehead atoms. The van der Waals surface area contributed by atoms with Crippen molar-refractivity contribution >= 4 is 55.1 Å². The minimum Gasteiger partial charge on any atom is -0.309 e. The molecule has 0 amide bonds. The molecular formula is C44H27NS. The number of nitrogens with zero attached hydrogens (tertiary/aromatic N) is 1. The summed E-state index contributed by atoms with van der Waals surface area (Å²) in [6, 6.07) is 60.2. The average molecular weight is 602 g/mol. The molecule has 1 nitrogen and oxygen atoms in total. The van der Waals surface area contributed by atoms with E-state index in [4.69, 9.17) is 0 Å². The summed E-state index contributed by atoms with van der Waals surface area (Å²) in [6.07, 6.45) is 0. The molecule has 0 radical (unpaired) electrons. The zero-order valence-electron chi connectivity index (χ0n) is 24.9. The van der Waals surface area contributed by atoms with Gasteiger partial charge in [0.05, 0.1) is 11.0 Å². The molecule has 8 aromatic carbocycles. The molecule has 9 aromatic rings. The molecule has 0 N–H and O–H groups in total. The van der Waals surface area contributed by atoms with Crippen LogP contribution in [-0.2, 0) is 0 Å². The molecule has 0 fully saturated rings. The lowest BCUT2D eigenvalue weighted by atomic mass is 9.88. The summed E-state index contributed by atoms with van der Waals surface area (Å²) in [7, 11) is 0. The molecule has 0 aliphatic carbocycles. The zero-order valence-corrected chi connectivity index (χ0v) is 25.8. The second-order valence-corrected chi connectivity index (χ2v) is 13.2. The number of hydrogen-bond donors (Lipinski definition) is 0. The number of aromatic nitrogens is 1. The van der Waals surface area contributed by atoms with E-state index in [1.165, 1.54) is 92.2 Å². The first kappa shape index (κ1) is 25.7. The van der Waals surface area contributed by atoms with Gasteiger partial charge in [-0.1, -0.05) is 133 Å². The summed E-state index contributed by atoms with van der Waals surface area (Å²) in [5.41, 5.74) is 11.2. The lowest BCUT2D eigenvalue weighted by Gasteiger charge is -2.21. The van der Waals surface area contributed by atoms with Crippen molar-refractivity contribution < 1.29 is 0 Å². The Kier molecular flexibility index (Phi) is 5.58. The monoisotopic (exact) mass is 601 g/mol. The van der Waals surface area contributed by atoms with Gasteiger partial charge in [0.2, 0.25) is 0 Å². The fraction of sp³-hybridized carbons (Fsp3) is 0. The van der Waals surface area contributed by atoms with Gasteiger partial charge in [-0.15, -0.1) is 0 Å². The second-order valence-electron chi connectivity index (χ2n) is 12.1. The molecule has 0 atom stereocenters. The minimum absolute atomic E-state index is 1.17. The summed E-state index contributed by atoms with van der Waals surface area (Å²) in [5.74, 6) is 0. The van der Waals surface area contributed by atoms with E-state index in [0.717, 1.165) is 0 Å². The van der Waals surface area contributed by atoms with Gasteiger partial charge in [0.15, 0.2) is 0 Å². The van der Waals surface area contributed by atoms with Crippen LogP contribution in [0.5, 0.6) is 0 Å². The molecule has 214 valence electrons. The normalized spacial score (nSPS) is 12.3. The molecule has 0 saturated carbocycles. The number of rotatable bonds is 3. The van der Waals surface area contributed by atoms with Gasteiger partial charge in [-0.2, -0.15) is 0 Å². The van der Waals surface area contributed by atoms with Crippen LogP contribution in [0.2, 0.25) is 0 Å². The van der Waals surface area contributed by atoms with Crippen molar-refractivity contribution in [1.82, 2.24) is 4.57 Å². The highest BCUT2D eigenvalue weighted by Crippen LogP contribution is 2.50. The van der Waals surface area contributed by atoms with Crippen molar-refractivity contribution in [1.29, 1.82) is 0 Å². The molecule has 1 aliphatic rings. The van der Waals surface area contributed by atoms with E-state index >= 15 is 0 Å². The van der Waals surface area contributed by atoms with Crippen molar-refractivity contribution in [2.75, 3.05) is 0 Å². The fourth-order valence-electron chi connectivity index (χ4n) is 7.61. The maximum atomic E-state index is 2.43. The summed E-state index contributed by atoms with van der Waals surface area (Å²) < 4.78 is 2.43. The molecule has 1 aliphatic heterocycles. The van der Waals surface area contributed by atoms with Gasteiger partial charge in [0.1, 0.15) is 0 Å². The van der Waals surface area contributed by atoms with Gasteiger partial charge in [-0.3, -0.25) is 0 Å².